The third kappa shape index (κ3) is 3.62. The van der Waals surface area contributed by atoms with Crippen LogP contribution in [0.25, 0.3) is 0 Å². The molecule has 21 heavy (non-hydrogen) atoms. The fourth-order valence-electron chi connectivity index (χ4n) is 4.84. The number of piperazine rings is 1. The molecule has 2 atom stereocenters. The van der Waals surface area contributed by atoms with E-state index in [-0.39, 0.29) is 0 Å². The molecule has 2 saturated heterocycles. The van der Waals surface area contributed by atoms with E-state index in [2.05, 4.69) is 35.9 Å². The van der Waals surface area contributed by atoms with Gasteiger partial charge >= 0.3 is 0 Å². The van der Waals surface area contributed by atoms with Crippen molar-refractivity contribution >= 4 is 0 Å². The fourth-order valence-corrected chi connectivity index (χ4v) is 4.84. The summed E-state index contributed by atoms with van der Waals surface area (Å²) in [5, 5.41) is 3.74. The Kier molecular flexibility index (Phi) is 4.92. The molecule has 0 amide bonds. The van der Waals surface area contributed by atoms with Crippen molar-refractivity contribution in [2.75, 3.05) is 32.7 Å². The van der Waals surface area contributed by atoms with Crippen LogP contribution in [0.3, 0.4) is 0 Å². The molecule has 122 valence electrons. The van der Waals surface area contributed by atoms with Gasteiger partial charge in [-0.05, 0) is 44.6 Å². The molecule has 3 fully saturated rings. The van der Waals surface area contributed by atoms with Gasteiger partial charge in [0.05, 0.1) is 0 Å². The molecule has 0 bridgehead atoms. The first-order chi connectivity index (χ1) is 10.1. The van der Waals surface area contributed by atoms with Gasteiger partial charge in [0.2, 0.25) is 0 Å². The molecule has 0 aromatic rings. The molecule has 3 aliphatic rings. The fraction of sp³-hybridized carbons (Fsp3) is 1.00. The first-order valence-electron chi connectivity index (χ1n) is 9.29. The van der Waals surface area contributed by atoms with Crippen LogP contribution < -0.4 is 5.32 Å². The summed E-state index contributed by atoms with van der Waals surface area (Å²) >= 11 is 0. The third-order valence-corrected chi connectivity index (χ3v) is 6.15. The Morgan fingerprint density at radius 3 is 2.62 bits per heavy atom. The van der Waals surface area contributed by atoms with Crippen LogP contribution in [-0.4, -0.2) is 60.6 Å². The standard InChI is InChI=1S/C18H35N3/c1-15(2)19-13-18(8-4-5-9-18)14-21-12-17-7-6-10-20(17)11-16(21)3/h15-17,19H,4-14H2,1-3H3. The average Bonchev–Trinajstić information content (AvgIpc) is 3.07. The summed E-state index contributed by atoms with van der Waals surface area (Å²) in [7, 11) is 0. The van der Waals surface area contributed by atoms with E-state index in [9.17, 15) is 0 Å². The zero-order valence-corrected chi connectivity index (χ0v) is 14.4. The average molecular weight is 293 g/mol. The molecule has 3 rings (SSSR count). The van der Waals surface area contributed by atoms with Crippen LogP contribution in [-0.2, 0) is 0 Å². The van der Waals surface area contributed by atoms with E-state index in [1.165, 1.54) is 71.2 Å². The minimum Gasteiger partial charge on any atom is -0.314 e. The summed E-state index contributed by atoms with van der Waals surface area (Å²) in [6.07, 6.45) is 8.61. The summed E-state index contributed by atoms with van der Waals surface area (Å²) in [4.78, 5) is 5.58. The number of hydrogen-bond acceptors (Lipinski definition) is 3. The highest BCUT2D eigenvalue weighted by molar-refractivity contribution is 4.96. The Hall–Kier alpha value is -0.120. The second-order valence-electron chi connectivity index (χ2n) is 8.31. The van der Waals surface area contributed by atoms with E-state index in [0.717, 1.165) is 12.1 Å². The predicted molar refractivity (Wildman–Crippen MR) is 89.7 cm³/mol. The Morgan fingerprint density at radius 2 is 1.90 bits per heavy atom. The van der Waals surface area contributed by atoms with Crippen molar-refractivity contribution in [3.05, 3.63) is 0 Å². The molecule has 3 heteroatoms. The molecule has 2 unspecified atom stereocenters. The van der Waals surface area contributed by atoms with Crippen molar-refractivity contribution in [3.8, 4) is 0 Å². The Bertz CT molecular complexity index is 335. The van der Waals surface area contributed by atoms with Crippen LogP contribution in [0.1, 0.15) is 59.3 Å². The van der Waals surface area contributed by atoms with Gasteiger partial charge in [-0.25, -0.2) is 0 Å². The number of nitrogens with one attached hydrogen (secondary N) is 1. The van der Waals surface area contributed by atoms with Crippen LogP contribution in [0, 0.1) is 5.41 Å². The minimum atomic E-state index is 0.555. The highest BCUT2D eigenvalue weighted by Crippen LogP contribution is 2.39. The number of nitrogens with zero attached hydrogens (tertiary/aromatic N) is 2. The summed E-state index contributed by atoms with van der Waals surface area (Å²) in [5.41, 5.74) is 0.555. The highest BCUT2D eigenvalue weighted by atomic mass is 15.3. The maximum Gasteiger partial charge on any atom is 0.0224 e. The summed E-state index contributed by atoms with van der Waals surface area (Å²) < 4.78 is 0. The van der Waals surface area contributed by atoms with Crippen molar-refractivity contribution in [1.29, 1.82) is 0 Å². The zero-order chi connectivity index (χ0) is 14.9. The third-order valence-electron chi connectivity index (χ3n) is 6.15. The molecule has 2 heterocycles. The lowest BCUT2D eigenvalue weighted by molar-refractivity contribution is 0.0260. The van der Waals surface area contributed by atoms with Crippen molar-refractivity contribution < 1.29 is 0 Å². The summed E-state index contributed by atoms with van der Waals surface area (Å²) in [5.74, 6) is 0. The van der Waals surface area contributed by atoms with E-state index < -0.39 is 0 Å². The van der Waals surface area contributed by atoms with E-state index in [4.69, 9.17) is 0 Å². The van der Waals surface area contributed by atoms with Gasteiger partial charge in [0.15, 0.2) is 0 Å². The van der Waals surface area contributed by atoms with E-state index in [1.54, 1.807) is 0 Å². The van der Waals surface area contributed by atoms with Crippen LogP contribution in [0.2, 0.25) is 0 Å². The van der Waals surface area contributed by atoms with Gasteiger partial charge in [0, 0.05) is 44.3 Å². The topological polar surface area (TPSA) is 18.5 Å². The van der Waals surface area contributed by atoms with Crippen LogP contribution in [0.5, 0.6) is 0 Å². The lowest BCUT2D eigenvalue weighted by Crippen LogP contribution is -2.58. The molecule has 1 N–H and O–H groups in total. The minimum absolute atomic E-state index is 0.555. The molecule has 0 aromatic carbocycles. The lowest BCUT2D eigenvalue weighted by Gasteiger charge is -2.46. The molecule has 2 aliphatic heterocycles. The van der Waals surface area contributed by atoms with E-state index in [0.29, 0.717) is 11.5 Å². The number of fused-ring (bicyclic) bond motifs is 1. The number of hydrogen-bond donors (Lipinski definition) is 1. The van der Waals surface area contributed by atoms with Gasteiger partial charge < -0.3 is 5.32 Å². The highest BCUT2D eigenvalue weighted by Gasteiger charge is 2.40. The summed E-state index contributed by atoms with van der Waals surface area (Å²) in [6.45, 7) is 13.5. The quantitative estimate of drug-likeness (QED) is 0.841. The molecule has 0 spiro atoms. The maximum absolute atomic E-state index is 3.74. The van der Waals surface area contributed by atoms with Crippen LogP contribution in [0.4, 0.5) is 0 Å². The largest absolute Gasteiger partial charge is 0.314 e. The van der Waals surface area contributed by atoms with E-state index in [1.807, 2.05) is 0 Å². The van der Waals surface area contributed by atoms with Crippen molar-refractivity contribution in [1.82, 2.24) is 15.1 Å². The SMILES string of the molecule is CC(C)NCC1(CN2CC3CCCN3CC2C)CCCC1. The molecule has 0 aromatic heterocycles. The van der Waals surface area contributed by atoms with Crippen molar-refractivity contribution in [2.45, 2.75) is 77.4 Å². The normalized spacial score (nSPS) is 33.7. The molecule has 3 nitrogen and oxygen atoms in total. The van der Waals surface area contributed by atoms with Gasteiger partial charge in [-0.15, -0.1) is 0 Å². The Labute approximate surface area is 131 Å². The Balaban J connectivity index is 1.62. The lowest BCUT2D eigenvalue weighted by atomic mass is 9.84. The Morgan fingerprint density at radius 1 is 1.14 bits per heavy atom. The van der Waals surface area contributed by atoms with Gasteiger partial charge in [-0.1, -0.05) is 26.7 Å². The number of rotatable bonds is 5. The molecular formula is C18H35N3. The van der Waals surface area contributed by atoms with Crippen molar-refractivity contribution in [3.63, 3.8) is 0 Å². The first kappa shape index (κ1) is 15.8. The molecular weight excluding hydrogens is 258 g/mol. The van der Waals surface area contributed by atoms with Crippen LogP contribution >= 0.6 is 0 Å². The second kappa shape index (κ2) is 6.55. The molecule has 1 aliphatic carbocycles. The van der Waals surface area contributed by atoms with E-state index >= 15 is 0 Å². The summed E-state index contributed by atoms with van der Waals surface area (Å²) in [6, 6.07) is 2.22. The smallest absolute Gasteiger partial charge is 0.0224 e. The van der Waals surface area contributed by atoms with Gasteiger partial charge in [-0.2, -0.15) is 0 Å². The van der Waals surface area contributed by atoms with Gasteiger partial charge in [0.1, 0.15) is 0 Å². The maximum atomic E-state index is 3.74. The zero-order valence-electron chi connectivity index (χ0n) is 14.4. The molecule has 1 saturated carbocycles. The van der Waals surface area contributed by atoms with Gasteiger partial charge in [0.25, 0.3) is 0 Å². The van der Waals surface area contributed by atoms with Crippen LogP contribution in [0.15, 0.2) is 0 Å². The monoisotopic (exact) mass is 293 g/mol. The second-order valence-corrected chi connectivity index (χ2v) is 8.31. The predicted octanol–water partition coefficient (Wildman–Crippen LogP) is 2.71. The van der Waals surface area contributed by atoms with Crippen molar-refractivity contribution in [2.24, 2.45) is 5.41 Å². The first-order valence-corrected chi connectivity index (χ1v) is 9.29. The van der Waals surface area contributed by atoms with Gasteiger partial charge in [-0.3, -0.25) is 9.80 Å². The molecule has 0 radical (unpaired) electrons.